The Balaban J connectivity index is 1.07. The molecule has 7 aromatic carbocycles. The molecule has 1 spiro atoms. The van der Waals surface area contributed by atoms with Gasteiger partial charge in [0.15, 0.2) is 0 Å². The van der Waals surface area contributed by atoms with Gasteiger partial charge in [-0.25, -0.2) is 0 Å². The molecule has 0 bridgehead atoms. The maximum absolute atomic E-state index is 3.80. The zero-order valence-electron chi connectivity index (χ0n) is 25.9. The third-order valence-corrected chi connectivity index (χ3v) is 11.7. The van der Waals surface area contributed by atoms with Crippen LogP contribution in [-0.4, -0.2) is 6.54 Å². The highest BCUT2D eigenvalue weighted by Crippen LogP contribution is 2.54. The van der Waals surface area contributed by atoms with Crippen LogP contribution in [0.5, 0.6) is 0 Å². The van der Waals surface area contributed by atoms with E-state index in [0.29, 0.717) is 0 Å². The van der Waals surface area contributed by atoms with Gasteiger partial charge in [0.1, 0.15) is 0 Å². The molecular weight excluding hydrogens is 587 g/mol. The molecule has 0 amide bonds. The highest BCUT2D eigenvalue weighted by molar-refractivity contribution is 7.26. The van der Waals surface area contributed by atoms with Crippen molar-refractivity contribution in [3.63, 3.8) is 0 Å². The fourth-order valence-corrected chi connectivity index (χ4v) is 9.65. The first-order valence-corrected chi connectivity index (χ1v) is 17.2. The van der Waals surface area contributed by atoms with Crippen molar-refractivity contribution in [2.24, 2.45) is 0 Å². The topological polar surface area (TPSA) is 3.24 Å². The van der Waals surface area contributed by atoms with Crippen LogP contribution in [0.15, 0.2) is 152 Å². The van der Waals surface area contributed by atoms with Crippen molar-refractivity contribution in [2.45, 2.75) is 11.8 Å². The maximum atomic E-state index is 3.80. The molecule has 2 heteroatoms. The molecule has 1 unspecified atom stereocenters. The highest BCUT2D eigenvalue weighted by atomic mass is 32.1. The molecule has 0 saturated carbocycles. The fourth-order valence-electron chi connectivity index (χ4n) is 8.30. The van der Waals surface area contributed by atoms with Crippen LogP contribution in [0.25, 0.3) is 69.7 Å². The van der Waals surface area contributed by atoms with E-state index in [2.05, 4.69) is 151 Å². The van der Waals surface area contributed by atoms with Gasteiger partial charge in [-0.1, -0.05) is 128 Å². The van der Waals surface area contributed by atoms with Crippen LogP contribution >= 0.6 is 11.3 Å². The highest BCUT2D eigenvalue weighted by Gasteiger charge is 2.43. The Hall–Kier alpha value is -5.44. The zero-order valence-corrected chi connectivity index (χ0v) is 26.7. The number of thiophene rings is 1. The third-order valence-electron chi connectivity index (χ3n) is 10.5. The van der Waals surface area contributed by atoms with Crippen LogP contribution in [0, 0.1) is 0 Å². The summed E-state index contributed by atoms with van der Waals surface area (Å²) in [7, 11) is 0. The predicted octanol–water partition coefficient (Wildman–Crippen LogP) is 11.8. The molecule has 2 heterocycles. The van der Waals surface area contributed by atoms with Crippen LogP contribution < -0.4 is 10.1 Å². The molecule has 1 aliphatic heterocycles. The number of nitrogens with zero attached hydrogens (tertiary/aromatic N) is 1. The number of hydrogen-bond donors (Lipinski definition) is 0. The Morgan fingerprint density at radius 3 is 2.47 bits per heavy atom. The second-order valence-corrected chi connectivity index (χ2v) is 14.1. The van der Waals surface area contributed by atoms with Crippen LogP contribution in [0.1, 0.15) is 12.0 Å². The van der Waals surface area contributed by atoms with Gasteiger partial charge in [0.25, 0.3) is 0 Å². The van der Waals surface area contributed by atoms with Gasteiger partial charge in [-0.05, 0) is 85.4 Å². The van der Waals surface area contributed by atoms with Crippen molar-refractivity contribution in [3.05, 3.63) is 163 Å². The molecule has 2 aliphatic rings. The lowest BCUT2D eigenvalue weighted by Crippen LogP contribution is -2.30. The van der Waals surface area contributed by atoms with E-state index < -0.39 is 0 Å². The standard InChI is InChI=1S/C45H31NS/c1-2-3-5-11-34-37-14-10-13-36-33(20-21-38(34)42(36)37)31-17-16-30-27-32(19-18-29(30)26-31)46-28-45(24-8-4-9-25-45)43-40(46)23-22-39-35-12-6-7-15-41(35)47-44(39)43/h2-24,26-27H,1,25,28H2/b5-3-,34-11?. The molecule has 1 nitrogen and oxygen atoms in total. The summed E-state index contributed by atoms with van der Waals surface area (Å²) in [6.45, 7) is 4.74. The van der Waals surface area contributed by atoms with Crippen LogP contribution in [0.2, 0.25) is 0 Å². The number of rotatable bonds is 4. The first-order valence-electron chi connectivity index (χ1n) is 16.4. The van der Waals surface area contributed by atoms with Crippen LogP contribution in [-0.2, 0) is 5.41 Å². The van der Waals surface area contributed by atoms with Gasteiger partial charge in [0.05, 0.1) is 0 Å². The Morgan fingerprint density at radius 1 is 0.723 bits per heavy atom. The Morgan fingerprint density at radius 2 is 1.55 bits per heavy atom. The average Bonchev–Trinajstić information content (AvgIpc) is 3.65. The van der Waals surface area contributed by atoms with Crippen LogP contribution in [0.3, 0.4) is 0 Å². The summed E-state index contributed by atoms with van der Waals surface area (Å²) in [4.78, 5) is 2.56. The van der Waals surface area contributed by atoms with E-state index in [1.165, 1.54) is 85.8 Å². The molecule has 0 radical (unpaired) electrons. The minimum absolute atomic E-state index is 0.0304. The monoisotopic (exact) mass is 617 g/mol. The molecule has 0 saturated heterocycles. The molecular formula is C45H31NS. The second kappa shape index (κ2) is 10.0. The summed E-state index contributed by atoms with van der Waals surface area (Å²) in [6.07, 6.45) is 18.3. The lowest BCUT2D eigenvalue weighted by Gasteiger charge is -2.28. The molecule has 10 rings (SSSR count). The molecule has 1 aliphatic carbocycles. The SMILES string of the molecule is C=C/C=C\C=c1c2cccc3c(-c4ccc5cc(N6CC7(C=CC=CC7)c7c6ccc6c7sc7ccccc76)ccc5c4)ccc1c32. The quantitative estimate of drug-likeness (QED) is 0.178. The number of fused-ring (bicyclic) bond motifs is 7. The number of allylic oxidation sites excluding steroid dienone is 6. The molecule has 1 atom stereocenters. The summed E-state index contributed by atoms with van der Waals surface area (Å²) in [5.74, 6) is 0. The lowest BCUT2D eigenvalue weighted by atomic mass is 9.77. The summed E-state index contributed by atoms with van der Waals surface area (Å²) in [5, 5.41) is 11.9. The van der Waals surface area contributed by atoms with Crippen molar-refractivity contribution in [1.82, 2.24) is 0 Å². The van der Waals surface area contributed by atoms with E-state index in [-0.39, 0.29) is 5.41 Å². The second-order valence-electron chi connectivity index (χ2n) is 13.0. The molecule has 8 aromatic rings. The summed E-state index contributed by atoms with van der Waals surface area (Å²) in [6, 6.07) is 38.8. The summed E-state index contributed by atoms with van der Waals surface area (Å²) >= 11 is 1.95. The van der Waals surface area contributed by atoms with Crippen molar-refractivity contribution in [1.29, 1.82) is 0 Å². The first-order chi connectivity index (χ1) is 23.2. The Labute approximate surface area is 277 Å². The number of anilines is 2. The van der Waals surface area contributed by atoms with E-state index in [1.807, 2.05) is 23.5 Å². The van der Waals surface area contributed by atoms with Gasteiger partial charge < -0.3 is 4.90 Å². The fraction of sp³-hybridized carbons (Fsp3) is 0.0667. The average molecular weight is 618 g/mol. The van der Waals surface area contributed by atoms with Gasteiger partial charge in [0.2, 0.25) is 0 Å². The molecule has 0 fully saturated rings. The zero-order chi connectivity index (χ0) is 31.1. The van der Waals surface area contributed by atoms with Crippen molar-refractivity contribution in [2.75, 3.05) is 11.4 Å². The third kappa shape index (κ3) is 3.83. The largest absolute Gasteiger partial charge is 0.340 e. The van der Waals surface area contributed by atoms with Gasteiger partial charge in [-0.15, -0.1) is 11.3 Å². The molecule has 222 valence electrons. The lowest BCUT2D eigenvalue weighted by molar-refractivity contribution is 0.583. The summed E-state index contributed by atoms with van der Waals surface area (Å²) in [5.41, 5.74) is 6.60. The minimum atomic E-state index is -0.0304. The summed E-state index contributed by atoms with van der Waals surface area (Å²) < 4.78 is 2.80. The van der Waals surface area contributed by atoms with E-state index in [0.717, 1.165) is 13.0 Å². The van der Waals surface area contributed by atoms with Crippen molar-refractivity contribution in [3.8, 4) is 11.1 Å². The Bertz CT molecular complexity index is 2700. The maximum Gasteiger partial charge on any atom is 0.0468 e. The van der Waals surface area contributed by atoms with Gasteiger partial charge in [-0.2, -0.15) is 0 Å². The normalized spacial score (nSPS) is 18.0. The van der Waals surface area contributed by atoms with E-state index >= 15 is 0 Å². The van der Waals surface area contributed by atoms with Gasteiger partial charge in [0, 0.05) is 49.1 Å². The van der Waals surface area contributed by atoms with E-state index in [9.17, 15) is 0 Å². The molecule has 1 aromatic heterocycles. The van der Waals surface area contributed by atoms with Gasteiger partial charge >= 0.3 is 0 Å². The first kappa shape index (κ1) is 26.7. The van der Waals surface area contributed by atoms with Crippen molar-refractivity contribution >= 4 is 81.3 Å². The minimum Gasteiger partial charge on any atom is -0.340 e. The van der Waals surface area contributed by atoms with E-state index in [1.54, 1.807) is 0 Å². The molecule has 0 N–H and O–H groups in total. The molecule has 47 heavy (non-hydrogen) atoms. The van der Waals surface area contributed by atoms with E-state index in [4.69, 9.17) is 0 Å². The van der Waals surface area contributed by atoms with Crippen LogP contribution in [0.4, 0.5) is 11.4 Å². The smallest absolute Gasteiger partial charge is 0.0468 e. The number of hydrogen-bond acceptors (Lipinski definition) is 2. The van der Waals surface area contributed by atoms with Gasteiger partial charge in [-0.3, -0.25) is 0 Å². The Kier molecular flexibility index (Phi) is 5.71. The predicted molar refractivity (Wildman–Crippen MR) is 206 cm³/mol. The van der Waals surface area contributed by atoms with Crippen molar-refractivity contribution < 1.29 is 0 Å². The number of benzene rings is 6.